The van der Waals surface area contributed by atoms with Gasteiger partial charge in [-0.05, 0) is 6.42 Å². The summed E-state index contributed by atoms with van der Waals surface area (Å²) in [6, 6.07) is 0. The Morgan fingerprint density at radius 1 is 2.00 bits per heavy atom. The standard InChI is InChI=1S/C5H6BrOS/c6-2-1-4-3-8-5(4)7/h2,4H,1,3H2. The molecule has 1 atom stereocenters. The average molecular weight is 194 g/mol. The maximum absolute atomic E-state index is 10.5. The van der Waals surface area contributed by atoms with Crippen LogP contribution in [0.25, 0.3) is 0 Å². The fraction of sp³-hybridized carbons (Fsp3) is 0.600. The number of thioether (sulfide) groups is 1. The van der Waals surface area contributed by atoms with Gasteiger partial charge in [0.1, 0.15) is 0 Å². The van der Waals surface area contributed by atoms with Crippen LogP contribution in [0, 0.1) is 11.2 Å². The molecule has 0 N–H and O–H groups in total. The van der Waals surface area contributed by atoms with Crippen molar-refractivity contribution >= 4 is 32.8 Å². The normalized spacial score (nSPS) is 27.6. The lowest BCUT2D eigenvalue weighted by Gasteiger charge is -2.20. The van der Waals surface area contributed by atoms with E-state index in [2.05, 4.69) is 15.9 Å². The second-order valence-corrected chi connectivity index (χ2v) is 3.39. The molecule has 0 aliphatic carbocycles. The van der Waals surface area contributed by atoms with Crippen molar-refractivity contribution in [3.63, 3.8) is 0 Å². The van der Waals surface area contributed by atoms with Crippen LogP contribution in [0.2, 0.25) is 0 Å². The fourth-order valence-electron chi connectivity index (χ4n) is 0.541. The molecule has 0 aromatic carbocycles. The number of halogens is 1. The van der Waals surface area contributed by atoms with Gasteiger partial charge in [0.2, 0.25) is 0 Å². The van der Waals surface area contributed by atoms with Gasteiger partial charge in [-0.15, -0.1) is 0 Å². The van der Waals surface area contributed by atoms with Crippen molar-refractivity contribution in [3.8, 4) is 0 Å². The zero-order chi connectivity index (χ0) is 5.98. The zero-order valence-electron chi connectivity index (χ0n) is 4.26. The predicted octanol–water partition coefficient (Wildman–Crippen LogP) is 1.82. The van der Waals surface area contributed by atoms with Gasteiger partial charge in [0.25, 0.3) is 0 Å². The van der Waals surface area contributed by atoms with Crippen LogP contribution >= 0.6 is 27.7 Å². The molecule has 1 saturated heterocycles. The minimum atomic E-state index is 0.319. The van der Waals surface area contributed by atoms with Crippen molar-refractivity contribution in [2.45, 2.75) is 6.42 Å². The first-order valence-electron chi connectivity index (χ1n) is 2.43. The highest BCUT2D eigenvalue weighted by molar-refractivity contribution is 9.10. The van der Waals surface area contributed by atoms with Gasteiger partial charge < -0.3 is 0 Å². The van der Waals surface area contributed by atoms with E-state index in [0.717, 1.165) is 12.2 Å². The summed E-state index contributed by atoms with van der Waals surface area (Å²) in [4.78, 5) is 10.5. The van der Waals surface area contributed by atoms with Crippen LogP contribution < -0.4 is 0 Å². The van der Waals surface area contributed by atoms with Crippen molar-refractivity contribution in [2.24, 2.45) is 5.92 Å². The maximum Gasteiger partial charge on any atom is 0.192 e. The minimum Gasteiger partial charge on any atom is -0.287 e. The number of carbonyl (C=O) groups is 1. The van der Waals surface area contributed by atoms with Gasteiger partial charge in [-0.1, -0.05) is 27.7 Å². The van der Waals surface area contributed by atoms with Crippen molar-refractivity contribution in [3.05, 3.63) is 5.33 Å². The van der Waals surface area contributed by atoms with Crippen LogP contribution in [-0.4, -0.2) is 10.9 Å². The molecule has 1 heterocycles. The van der Waals surface area contributed by atoms with Crippen molar-refractivity contribution in [1.82, 2.24) is 0 Å². The van der Waals surface area contributed by atoms with Gasteiger partial charge in [-0.3, -0.25) is 4.79 Å². The van der Waals surface area contributed by atoms with Crippen molar-refractivity contribution in [2.75, 3.05) is 5.75 Å². The Morgan fingerprint density at radius 3 is 2.88 bits per heavy atom. The average Bonchev–Trinajstić information content (AvgIpc) is 1.79. The summed E-state index contributed by atoms with van der Waals surface area (Å²) in [5.41, 5.74) is 0. The van der Waals surface area contributed by atoms with E-state index in [-0.39, 0.29) is 0 Å². The van der Waals surface area contributed by atoms with Crippen LogP contribution in [0.3, 0.4) is 0 Å². The van der Waals surface area contributed by atoms with E-state index in [1.165, 1.54) is 11.8 Å². The lowest BCUT2D eigenvalue weighted by Crippen LogP contribution is -2.24. The van der Waals surface area contributed by atoms with E-state index < -0.39 is 0 Å². The van der Waals surface area contributed by atoms with E-state index in [1.807, 2.05) is 5.33 Å². The molecule has 1 nitrogen and oxygen atoms in total. The van der Waals surface area contributed by atoms with Crippen LogP contribution in [0.1, 0.15) is 6.42 Å². The molecule has 8 heavy (non-hydrogen) atoms. The Bertz CT molecular complexity index is 105. The highest BCUT2D eigenvalue weighted by Crippen LogP contribution is 2.30. The monoisotopic (exact) mass is 193 g/mol. The first-order valence-corrected chi connectivity index (χ1v) is 4.33. The van der Waals surface area contributed by atoms with Gasteiger partial charge >= 0.3 is 0 Å². The topological polar surface area (TPSA) is 17.1 Å². The molecule has 1 rings (SSSR count). The number of carbonyl (C=O) groups excluding carboxylic acids is 1. The molecule has 0 spiro atoms. The summed E-state index contributed by atoms with van der Waals surface area (Å²) in [5.74, 6) is 1.33. The third kappa shape index (κ3) is 1.26. The Labute approximate surface area is 61.3 Å². The molecule has 1 radical (unpaired) electrons. The van der Waals surface area contributed by atoms with Crippen LogP contribution in [0.15, 0.2) is 0 Å². The summed E-state index contributed by atoms with van der Waals surface area (Å²) in [5, 5.41) is 2.22. The maximum atomic E-state index is 10.5. The first kappa shape index (κ1) is 6.62. The quantitative estimate of drug-likeness (QED) is 0.666. The minimum absolute atomic E-state index is 0.319. The molecule has 0 saturated carbocycles. The molecule has 1 aliphatic heterocycles. The molecule has 0 aromatic heterocycles. The third-order valence-electron chi connectivity index (χ3n) is 1.13. The van der Waals surface area contributed by atoms with E-state index >= 15 is 0 Å². The Balaban J connectivity index is 2.17. The molecule has 3 heteroatoms. The highest BCUT2D eigenvalue weighted by atomic mass is 79.9. The summed E-state index contributed by atoms with van der Waals surface area (Å²) in [6.45, 7) is 0. The Morgan fingerprint density at radius 2 is 2.75 bits per heavy atom. The van der Waals surface area contributed by atoms with Crippen molar-refractivity contribution < 1.29 is 4.79 Å². The van der Waals surface area contributed by atoms with Crippen molar-refractivity contribution in [1.29, 1.82) is 0 Å². The van der Waals surface area contributed by atoms with Gasteiger partial charge in [-0.2, -0.15) is 0 Å². The number of hydrogen-bond donors (Lipinski definition) is 0. The van der Waals surface area contributed by atoms with E-state index in [4.69, 9.17) is 0 Å². The molecule has 45 valence electrons. The predicted molar refractivity (Wildman–Crippen MR) is 38.8 cm³/mol. The molecule has 1 unspecified atom stereocenters. The second-order valence-electron chi connectivity index (χ2n) is 1.72. The zero-order valence-corrected chi connectivity index (χ0v) is 6.67. The van der Waals surface area contributed by atoms with E-state index in [0.29, 0.717) is 11.0 Å². The lowest BCUT2D eigenvalue weighted by atomic mass is 10.1. The van der Waals surface area contributed by atoms with E-state index in [9.17, 15) is 4.79 Å². The van der Waals surface area contributed by atoms with Crippen LogP contribution in [0.5, 0.6) is 0 Å². The van der Waals surface area contributed by atoms with Crippen LogP contribution in [-0.2, 0) is 4.79 Å². The molecule has 0 bridgehead atoms. The summed E-state index contributed by atoms with van der Waals surface area (Å²) < 4.78 is 0. The smallest absolute Gasteiger partial charge is 0.192 e. The van der Waals surface area contributed by atoms with E-state index in [1.54, 1.807) is 0 Å². The summed E-state index contributed by atoms with van der Waals surface area (Å²) in [7, 11) is 0. The molecule has 0 amide bonds. The summed E-state index contributed by atoms with van der Waals surface area (Å²) >= 11 is 4.59. The third-order valence-corrected chi connectivity index (χ3v) is 2.69. The lowest BCUT2D eigenvalue weighted by molar-refractivity contribution is -0.115. The van der Waals surface area contributed by atoms with Gasteiger partial charge in [-0.25, -0.2) is 0 Å². The molecular weight excluding hydrogens is 188 g/mol. The largest absolute Gasteiger partial charge is 0.287 e. The second kappa shape index (κ2) is 2.87. The van der Waals surface area contributed by atoms with Crippen LogP contribution in [0.4, 0.5) is 0 Å². The SMILES string of the molecule is O=C1SCC1C[CH]Br. The number of rotatable bonds is 2. The highest BCUT2D eigenvalue weighted by Gasteiger charge is 2.27. The van der Waals surface area contributed by atoms with Gasteiger partial charge in [0.05, 0.1) is 0 Å². The number of hydrogen-bond acceptors (Lipinski definition) is 2. The molecule has 1 fully saturated rings. The first-order chi connectivity index (χ1) is 3.84. The Kier molecular flexibility index (Phi) is 2.38. The van der Waals surface area contributed by atoms with Gasteiger partial charge in [0.15, 0.2) is 5.12 Å². The van der Waals surface area contributed by atoms with Gasteiger partial charge in [0, 0.05) is 17.0 Å². The fourth-order valence-corrected chi connectivity index (χ4v) is 1.76. The Hall–Kier alpha value is 0.500. The molecular formula is C5H6BrOS. The molecule has 1 aliphatic rings. The summed E-state index contributed by atoms with van der Waals surface area (Å²) in [6.07, 6.45) is 0.895. The molecule has 0 aromatic rings.